The molecule has 0 saturated carbocycles. The Kier molecular flexibility index (Phi) is 84.3. The standard InChI is InChI=1S/C80H150N2O33/c1-2-3-4-5-6-8-11-14-17-23-80(79(89)90,24-18-15-12-9-7-10-13-16-19-76(85)86)78(88)81-25-27-92-29-31-94-33-35-96-37-39-98-41-43-100-45-47-102-49-51-104-53-55-106-57-59-108-61-63-110-65-67-112-69-71-114-73-72-113-70-68-111-66-64-109-62-60-107-58-56-105-54-52-103-50-48-101-46-44-99-42-40-97-38-36-95-34-32-93-30-28-91-26-22-77(87)115-82-74(83)20-21-75(82)84/h20-21,83-84H,2-19,22-73H2,1H3,(H,81,88)(H,85,86)(H,89,90). The molecule has 35 nitrogen and oxygen atoms in total. The van der Waals surface area contributed by atoms with Gasteiger partial charge in [0.05, 0.1) is 324 Å². The highest BCUT2D eigenvalue weighted by Gasteiger charge is 2.45. The SMILES string of the molecule is CCCCCCCCCCCC(CCCCCCCCCCC(=O)O)(C(=O)O)C(=O)NCCOCCOCCOCCOCCOCCOCCOCCOCCOCCOCCOCCOCCOCCOCCOCCOCCOCCOCCOCCOCCOCCOCCOCCOCCC(=O)On1c(O)ccc1O. The number of aliphatic carboxylic acids is 2. The summed E-state index contributed by atoms with van der Waals surface area (Å²) in [6, 6.07) is 2.39. The molecule has 0 aliphatic rings. The van der Waals surface area contributed by atoms with Crippen LogP contribution in [-0.2, 0) is 133 Å². The van der Waals surface area contributed by atoms with Gasteiger partial charge in [0.25, 0.3) is 0 Å². The Balaban J connectivity index is 1.73. The summed E-state index contributed by atoms with van der Waals surface area (Å²) in [5, 5.41) is 41.1. The summed E-state index contributed by atoms with van der Waals surface area (Å²) < 4.78 is 133. The van der Waals surface area contributed by atoms with E-state index in [4.69, 9.17) is 124 Å². The number of nitrogens with one attached hydrogen (secondary N) is 1. The monoisotopic (exact) mass is 1670 g/mol. The van der Waals surface area contributed by atoms with E-state index in [1.807, 2.05) is 0 Å². The lowest BCUT2D eigenvalue weighted by molar-refractivity contribution is -0.157. The topological polar surface area (TPSA) is 397 Å². The van der Waals surface area contributed by atoms with Crippen LogP contribution in [0.5, 0.6) is 11.8 Å². The molecule has 0 fully saturated rings. The number of aromatic nitrogens is 1. The Bertz CT molecular complexity index is 2200. The highest BCUT2D eigenvalue weighted by molar-refractivity contribution is 6.01. The number of hydrogen-bond acceptors (Lipinski definition) is 31. The zero-order valence-electron chi connectivity index (χ0n) is 69.7. The largest absolute Gasteiger partial charge is 0.492 e. The van der Waals surface area contributed by atoms with Gasteiger partial charge in [0.1, 0.15) is 5.41 Å². The van der Waals surface area contributed by atoms with Gasteiger partial charge >= 0.3 is 17.9 Å². The van der Waals surface area contributed by atoms with Crippen molar-refractivity contribution in [2.75, 3.05) is 324 Å². The van der Waals surface area contributed by atoms with Crippen LogP contribution in [0.4, 0.5) is 0 Å². The smallest absolute Gasteiger partial charge is 0.335 e. The average molecular weight is 1670 g/mol. The third-order valence-corrected chi connectivity index (χ3v) is 16.8. The van der Waals surface area contributed by atoms with E-state index >= 15 is 0 Å². The Morgan fingerprint density at radius 3 is 0.696 bits per heavy atom. The van der Waals surface area contributed by atoms with Crippen molar-refractivity contribution >= 4 is 23.8 Å². The van der Waals surface area contributed by atoms with E-state index in [9.17, 15) is 34.5 Å². The van der Waals surface area contributed by atoms with Gasteiger partial charge in [-0.2, -0.15) is 0 Å². The minimum absolute atomic E-state index is 0.0579. The van der Waals surface area contributed by atoms with E-state index in [1.165, 1.54) is 44.2 Å². The molecule has 0 bridgehead atoms. The van der Waals surface area contributed by atoms with Gasteiger partial charge in [0.2, 0.25) is 17.7 Å². The van der Waals surface area contributed by atoms with Gasteiger partial charge in [-0.05, 0) is 19.3 Å². The second-order valence-corrected chi connectivity index (χ2v) is 26.2. The number of carbonyl (C=O) groups excluding carboxylic acids is 2. The zero-order valence-corrected chi connectivity index (χ0v) is 69.7. The van der Waals surface area contributed by atoms with Crippen LogP contribution in [0, 0.1) is 5.41 Å². The molecular formula is C80H150N2O33. The van der Waals surface area contributed by atoms with Crippen LogP contribution in [0.15, 0.2) is 12.1 Å². The van der Waals surface area contributed by atoms with Crippen LogP contribution in [0.1, 0.15) is 142 Å². The van der Waals surface area contributed by atoms with Gasteiger partial charge in [-0.1, -0.05) is 110 Å². The summed E-state index contributed by atoms with van der Waals surface area (Å²) in [7, 11) is 0. The van der Waals surface area contributed by atoms with Crippen molar-refractivity contribution in [3.63, 3.8) is 0 Å². The average Bonchev–Trinajstić information content (AvgIpc) is 1.49. The fraction of sp³-hybridized carbons (Fsp3) is 0.900. The molecule has 678 valence electrons. The first-order valence-electron chi connectivity index (χ1n) is 42.0. The minimum atomic E-state index is -1.46. The normalized spacial score (nSPS) is 12.2. The van der Waals surface area contributed by atoms with Crippen molar-refractivity contribution in [2.45, 2.75) is 142 Å². The summed E-state index contributed by atoms with van der Waals surface area (Å²) >= 11 is 0. The van der Waals surface area contributed by atoms with Crippen LogP contribution >= 0.6 is 0 Å². The third kappa shape index (κ3) is 76.9. The van der Waals surface area contributed by atoms with Crippen LogP contribution < -0.4 is 10.2 Å². The Morgan fingerprint density at radius 2 is 0.478 bits per heavy atom. The summed E-state index contributed by atoms with van der Waals surface area (Å²) in [5.74, 6) is -3.69. The fourth-order valence-electron chi connectivity index (χ4n) is 10.5. The molecule has 35 heteroatoms. The van der Waals surface area contributed by atoms with E-state index < -0.39 is 29.2 Å². The molecule has 0 saturated heterocycles. The Labute approximate surface area is 684 Å². The molecule has 1 aromatic heterocycles. The number of carboxylic acid groups (broad SMARTS) is 2. The van der Waals surface area contributed by atoms with Crippen molar-refractivity contribution in [3.8, 4) is 11.8 Å². The first-order valence-corrected chi connectivity index (χ1v) is 42.0. The second kappa shape index (κ2) is 89.1. The molecule has 0 aromatic carbocycles. The van der Waals surface area contributed by atoms with Crippen LogP contribution in [0.3, 0.4) is 0 Å². The summed E-state index contributed by atoms with van der Waals surface area (Å²) in [6.45, 7) is 23.0. The lowest BCUT2D eigenvalue weighted by Gasteiger charge is -2.28. The predicted molar refractivity (Wildman–Crippen MR) is 422 cm³/mol. The number of nitrogens with zero attached hydrogens (tertiary/aromatic N) is 1. The molecule has 0 aliphatic heterocycles. The molecule has 1 unspecified atom stereocenters. The summed E-state index contributed by atoms with van der Waals surface area (Å²) in [6.07, 6.45) is 17.9. The Morgan fingerprint density at radius 1 is 0.278 bits per heavy atom. The molecule has 1 amide bonds. The molecular weight excluding hydrogens is 1520 g/mol. The molecule has 1 aromatic rings. The molecule has 0 spiro atoms. The first-order chi connectivity index (χ1) is 56.6. The van der Waals surface area contributed by atoms with E-state index in [0.717, 1.165) is 57.8 Å². The number of aromatic hydroxyl groups is 2. The third-order valence-electron chi connectivity index (χ3n) is 16.8. The van der Waals surface area contributed by atoms with E-state index in [2.05, 4.69) is 12.2 Å². The molecule has 0 radical (unpaired) electrons. The summed E-state index contributed by atoms with van der Waals surface area (Å²) in [4.78, 5) is 53.7. The van der Waals surface area contributed by atoms with Crippen LogP contribution in [0.25, 0.3) is 0 Å². The minimum Gasteiger partial charge on any atom is -0.492 e. The molecule has 1 heterocycles. The highest BCUT2D eigenvalue weighted by atomic mass is 16.7. The Hall–Kier alpha value is -4.20. The first kappa shape index (κ1) is 109. The van der Waals surface area contributed by atoms with E-state index in [1.54, 1.807) is 0 Å². The molecule has 5 N–H and O–H groups in total. The van der Waals surface area contributed by atoms with Crippen LogP contribution in [-0.4, -0.2) is 373 Å². The lowest BCUT2D eigenvalue weighted by Crippen LogP contribution is -2.47. The van der Waals surface area contributed by atoms with Crippen molar-refractivity contribution in [1.29, 1.82) is 0 Å². The number of amides is 1. The molecule has 115 heavy (non-hydrogen) atoms. The van der Waals surface area contributed by atoms with Crippen molar-refractivity contribution in [3.05, 3.63) is 12.1 Å². The van der Waals surface area contributed by atoms with E-state index in [-0.39, 0.29) is 51.0 Å². The van der Waals surface area contributed by atoms with Gasteiger partial charge in [0, 0.05) is 25.1 Å². The number of unbranched alkanes of at least 4 members (excludes halogenated alkanes) is 15. The number of carboxylic acids is 2. The predicted octanol–water partition coefficient (Wildman–Crippen LogP) is 6.74. The van der Waals surface area contributed by atoms with Gasteiger partial charge < -0.3 is 144 Å². The van der Waals surface area contributed by atoms with Gasteiger partial charge in [-0.25, -0.2) is 4.79 Å². The van der Waals surface area contributed by atoms with Gasteiger partial charge in [-0.15, -0.1) is 4.73 Å². The molecule has 1 rings (SSSR count). The number of hydrogen-bond donors (Lipinski definition) is 5. The van der Waals surface area contributed by atoms with Gasteiger partial charge in [-0.3, -0.25) is 14.4 Å². The number of ether oxygens (including phenoxy) is 24. The zero-order chi connectivity index (χ0) is 82.8. The molecule has 0 aliphatic carbocycles. The highest BCUT2D eigenvalue weighted by Crippen LogP contribution is 2.33. The lowest BCUT2D eigenvalue weighted by atomic mass is 9.76. The van der Waals surface area contributed by atoms with Crippen molar-refractivity contribution in [1.82, 2.24) is 10.0 Å². The quantitative estimate of drug-likeness (QED) is 0.0333. The maximum atomic E-state index is 13.6. The maximum absolute atomic E-state index is 13.6. The maximum Gasteiger partial charge on any atom is 0.335 e. The number of rotatable bonds is 99. The van der Waals surface area contributed by atoms with Crippen molar-refractivity contribution in [2.24, 2.45) is 5.41 Å². The second-order valence-electron chi connectivity index (χ2n) is 26.2. The fourth-order valence-corrected chi connectivity index (χ4v) is 10.5. The van der Waals surface area contributed by atoms with Gasteiger partial charge in [0.15, 0.2) is 0 Å². The summed E-state index contributed by atoms with van der Waals surface area (Å²) in [5.41, 5.74) is -1.46. The van der Waals surface area contributed by atoms with E-state index in [0.29, 0.717) is 334 Å². The molecule has 1 atom stereocenters. The van der Waals surface area contributed by atoms with Crippen LogP contribution in [0.2, 0.25) is 0 Å². The number of carbonyl (C=O) groups is 4. The van der Waals surface area contributed by atoms with Crippen molar-refractivity contribution < 1.29 is 158 Å².